The zero-order valence-electron chi connectivity index (χ0n) is 16.4. The number of hydrogen-bond donors (Lipinski definition) is 1. The molecule has 28 heavy (non-hydrogen) atoms. The maximum atomic E-state index is 13.2. The summed E-state index contributed by atoms with van der Waals surface area (Å²) < 4.78 is 5.55. The number of fused-ring (bicyclic) bond motifs is 1. The predicted octanol–water partition coefficient (Wildman–Crippen LogP) is 3.79. The van der Waals surface area contributed by atoms with Gasteiger partial charge < -0.3 is 15.0 Å². The molecule has 1 heterocycles. The summed E-state index contributed by atoms with van der Waals surface area (Å²) in [5.74, 6) is 1.58. The number of carbonyl (C=O) groups excluding carboxylic acids is 1. The fourth-order valence-corrected chi connectivity index (χ4v) is 4.53. The van der Waals surface area contributed by atoms with Crippen molar-refractivity contribution in [2.75, 3.05) is 26.7 Å². The average Bonchev–Trinajstić information content (AvgIpc) is 2.73. The highest BCUT2D eigenvalue weighted by molar-refractivity contribution is 5.85. The molecule has 2 atom stereocenters. The molecule has 0 radical (unpaired) electrons. The molecule has 2 aromatic carbocycles. The molecule has 1 aliphatic carbocycles. The minimum absolute atomic E-state index is 0. The van der Waals surface area contributed by atoms with Crippen LogP contribution in [0.4, 0.5) is 0 Å². The first-order chi connectivity index (χ1) is 13.3. The minimum atomic E-state index is 0. The van der Waals surface area contributed by atoms with Crippen LogP contribution in [0, 0.1) is 5.92 Å². The monoisotopic (exact) mass is 400 g/mol. The molecule has 1 aliphatic heterocycles. The highest BCUT2D eigenvalue weighted by atomic mass is 35.5. The van der Waals surface area contributed by atoms with Gasteiger partial charge in [-0.1, -0.05) is 42.5 Å². The second-order valence-electron chi connectivity index (χ2n) is 7.63. The molecule has 5 heteroatoms. The first kappa shape index (κ1) is 20.7. The van der Waals surface area contributed by atoms with E-state index in [2.05, 4.69) is 40.5 Å². The van der Waals surface area contributed by atoms with Gasteiger partial charge in [0.05, 0.1) is 13.2 Å². The maximum absolute atomic E-state index is 13.2. The Balaban J connectivity index is 0.00000225. The average molecular weight is 401 g/mol. The van der Waals surface area contributed by atoms with Crippen LogP contribution in [0.25, 0.3) is 0 Å². The lowest BCUT2D eigenvalue weighted by atomic mass is 9.82. The molecule has 2 aromatic rings. The summed E-state index contributed by atoms with van der Waals surface area (Å²) in [6, 6.07) is 16.8. The minimum Gasteiger partial charge on any atom is -0.496 e. The number of para-hydroxylation sites is 1. The molecule has 4 rings (SSSR count). The first-order valence-electron chi connectivity index (χ1n) is 9.96. The molecule has 0 aromatic heterocycles. The molecule has 0 spiro atoms. The third-order valence-corrected chi connectivity index (χ3v) is 5.97. The quantitative estimate of drug-likeness (QED) is 0.849. The van der Waals surface area contributed by atoms with E-state index in [9.17, 15) is 4.79 Å². The Morgan fingerprint density at radius 3 is 2.71 bits per heavy atom. The summed E-state index contributed by atoms with van der Waals surface area (Å²) in [7, 11) is 1.70. The van der Waals surface area contributed by atoms with Crippen LogP contribution in [0.2, 0.25) is 0 Å². The number of piperazine rings is 1. The van der Waals surface area contributed by atoms with Crippen LogP contribution >= 0.6 is 12.4 Å². The molecule has 4 nitrogen and oxygen atoms in total. The summed E-state index contributed by atoms with van der Waals surface area (Å²) >= 11 is 0. The van der Waals surface area contributed by atoms with E-state index in [-0.39, 0.29) is 24.4 Å². The van der Waals surface area contributed by atoms with E-state index in [1.807, 2.05) is 18.2 Å². The van der Waals surface area contributed by atoms with Crippen LogP contribution < -0.4 is 10.1 Å². The van der Waals surface area contributed by atoms with E-state index < -0.39 is 0 Å². The molecule has 1 N–H and O–H groups in total. The standard InChI is InChI=1S/C23H28N2O2.ClH/c1-27-22-9-5-4-8-20(22)21-16-24-12-13-25(21)23(26)15-17-10-11-18-6-2-3-7-19(18)14-17;/h2-9,17,21,24H,10-16H2,1H3;1H. The van der Waals surface area contributed by atoms with Gasteiger partial charge in [-0.25, -0.2) is 0 Å². The normalized spacial score (nSPS) is 21.4. The predicted molar refractivity (Wildman–Crippen MR) is 114 cm³/mol. The third kappa shape index (κ3) is 4.34. The van der Waals surface area contributed by atoms with Gasteiger partial charge in [0.15, 0.2) is 0 Å². The van der Waals surface area contributed by atoms with E-state index in [0.29, 0.717) is 12.3 Å². The fourth-order valence-electron chi connectivity index (χ4n) is 4.53. The smallest absolute Gasteiger partial charge is 0.223 e. The molecule has 2 unspecified atom stereocenters. The lowest BCUT2D eigenvalue weighted by molar-refractivity contribution is -0.135. The van der Waals surface area contributed by atoms with Gasteiger partial charge in [0, 0.05) is 31.6 Å². The third-order valence-electron chi connectivity index (χ3n) is 5.97. The van der Waals surface area contributed by atoms with Gasteiger partial charge in [-0.2, -0.15) is 0 Å². The van der Waals surface area contributed by atoms with Crippen molar-refractivity contribution >= 4 is 18.3 Å². The van der Waals surface area contributed by atoms with E-state index in [0.717, 1.165) is 50.2 Å². The number of aryl methyl sites for hydroxylation is 1. The molecule has 1 amide bonds. The van der Waals surface area contributed by atoms with Crippen molar-refractivity contribution in [2.24, 2.45) is 5.92 Å². The number of rotatable bonds is 4. The Labute approximate surface area is 173 Å². The fraction of sp³-hybridized carbons (Fsp3) is 0.435. The van der Waals surface area contributed by atoms with E-state index in [1.54, 1.807) is 7.11 Å². The Kier molecular flexibility index (Phi) is 6.97. The van der Waals surface area contributed by atoms with Crippen molar-refractivity contribution in [3.05, 3.63) is 65.2 Å². The summed E-state index contributed by atoms with van der Waals surface area (Å²) in [5, 5.41) is 3.44. The van der Waals surface area contributed by atoms with Gasteiger partial charge in [-0.15, -0.1) is 12.4 Å². The second kappa shape index (κ2) is 9.44. The number of carbonyl (C=O) groups is 1. The van der Waals surface area contributed by atoms with Gasteiger partial charge in [0.1, 0.15) is 5.75 Å². The SMILES string of the molecule is COc1ccccc1C1CNCCN1C(=O)CC1CCc2ccccc2C1.Cl. The molecule has 150 valence electrons. The van der Waals surface area contributed by atoms with Crippen LogP contribution in [0.5, 0.6) is 5.75 Å². The Bertz CT molecular complexity index is 811. The number of halogens is 1. The largest absolute Gasteiger partial charge is 0.496 e. The lowest BCUT2D eigenvalue weighted by Gasteiger charge is -2.38. The number of benzene rings is 2. The number of nitrogens with zero attached hydrogens (tertiary/aromatic N) is 1. The van der Waals surface area contributed by atoms with Crippen molar-refractivity contribution in [1.82, 2.24) is 10.2 Å². The van der Waals surface area contributed by atoms with Crippen molar-refractivity contribution in [1.29, 1.82) is 0 Å². The summed E-state index contributed by atoms with van der Waals surface area (Å²) in [4.78, 5) is 15.3. The van der Waals surface area contributed by atoms with Crippen molar-refractivity contribution in [2.45, 2.75) is 31.7 Å². The van der Waals surface area contributed by atoms with Crippen LogP contribution in [-0.2, 0) is 17.6 Å². The first-order valence-corrected chi connectivity index (χ1v) is 9.96. The molecular weight excluding hydrogens is 372 g/mol. The van der Waals surface area contributed by atoms with Gasteiger partial charge in [0.2, 0.25) is 5.91 Å². The molecule has 1 saturated heterocycles. The molecule has 2 aliphatic rings. The van der Waals surface area contributed by atoms with E-state index in [1.165, 1.54) is 11.1 Å². The van der Waals surface area contributed by atoms with Crippen LogP contribution in [0.3, 0.4) is 0 Å². The number of hydrogen-bond acceptors (Lipinski definition) is 3. The lowest BCUT2D eigenvalue weighted by Crippen LogP contribution is -2.49. The Morgan fingerprint density at radius 1 is 1.14 bits per heavy atom. The topological polar surface area (TPSA) is 41.6 Å². The van der Waals surface area contributed by atoms with Crippen molar-refractivity contribution in [3.8, 4) is 5.75 Å². The molecule has 1 fully saturated rings. The molecule has 0 bridgehead atoms. The Hall–Kier alpha value is -2.04. The Morgan fingerprint density at radius 2 is 1.89 bits per heavy atom. The number of amides is 1. The van der Waals surface area contributed by atoms with Gasteiger partial charge in [-0.3, -0.25) is 4.79 Å². The van der Waals surface area contributed by atoms with Crippen LogP contribution in [-0.4, -0.2) is 37.6 Å². The zero-order chi connectivity index (χ0) is 18.6. The van der Waals surface area contributed by atoms with Crippen molar-refractivity contribution < 1.29 is 9.53 Å². The zero-order valence-corrected chi connectivity index (χ0v) is 17.2. The van der Waals surface area contributed by atoms with Gasteiger partial charge >= 0.3 is 0 Å². The summed E-state index contributed by atoms with van der Waals surface area (Å²) in [6.07, 6.45) is 3.85. The maximum Gasteiger partial charge on any atom is 0.223 e. The highest BCUT2D eigenvalue weighted by Gasteiger charge is 2.31. The number of nitrogens with one attached hydrogen (secondary N) is 1. The summed E-state index contributed by atoms with van der Waals surface area (Å²) in [5.41, 5.74) is 3.97. The van der Waals surface area contributed by atoms with Gasteiger partial charge in [0.25, 0.3) is 0 Å². The highest BCUT2D eigenvalue weighted by Crippen LogP contribution is 2.33. The van der Waals surface area contributed by atoms with E-state index in [4.69, 9.17) is 4.74 Å². The number of ether oxygens (including phenoxy) is 1. The molecular formula is C23H29ClN2O2. The van der Waals surface area contributed by atoms with Crippen molar-refractivity contribution in [3.63, 3.8) is 0 Å². The second-order valence-corrected chi connectivity index (χ2v) is 7.63. The summed E-state index contributed by atoms with van der Waals surface area (Å²) in [6.45, 7) is 2.38. The number of methoxy groups -OCH3 is 1. The van der Waals surface area contributed by atoms with Crippen LogP contribution in [0.1, 0.15) is 35.6 Å². The van der Waals surface area contributed by atoms with E-state index >= 15 is 0 Å². The van der Waals surface area contributed by atoms with Gasteiger partial charge in [-0.05, 0) is 42.4 Å². The van der Waals surface area contributed by atoms with Crippen LogP contribution in [0.15, 0.2) is 48.5 Å². The molecule has 0 saturated carbocycles.